The van der Waals surface area contributed by atoms with E-state index in [0.717, 1.165) is 47.3 Å². The van der Waals surface area contributed by atoms with Crippen LogP contribution in [0.25, 0.3) is 11.3 Å². The summed E-state index contributed by atoms with van der Waals surface area (Å²) >= 11 is 0. The highest BCUT2D eigenvalue weighted by molar-refractivity contribution is 5.64. The topological polar surface area (TPSA) is 51.2 Å². The summed E-state index contributed by atoms with van der Waals surface area (Å²) in [6, 6.07) is 0. The van der Waals surface area contributed by atoms with Crippen LogP contribution in [-0.2, 0) is 6.42 Å². The molecule has 0 saturated heterocycles. The third-order valence-corrected chi connectivity index (χ3v) is 2.95. The van der Waals surface area contributed by atoms with Crippen LogP contribution in [0.1, 0.15) is 23.0 Å². The van der Waals surface area contributed by atoms with Gasteiger partial charge in [0, 0.05) is 18.5 Å². The molecule has 0 aliphatic carbocycles. The summed E-state index contributed by atoms with van der Waals surface area (Å²) in [4.78, 5) is 4.27. The molecule has 0 fully saturated rings. The van der Waals surface area contributed by atoms with Crippen molar-refractivity contribution in [3.63, 3.8) is 0 Å². The molecule has 0 bridgehead atoms. The van der Waals surface area contributed by atoms with Gasteiger partial charge in [-0.2, -0.15) is 0 Å². The lowest BCUT2D eigenvalue weighted by Gasteiger charge is -1.96. The number of oxazole rings is 1. The normalized spacial score (nSPS) is 11.1. The second kappa shape index (κ2) is 4.75. The van der Waals surface area contributed by atoms with Gasteiger partial charge in [0.05, 0.1) is 11.8 Å². The molecule has 2 aromatic heterocycles. The molecule has 0 unspecified atom stereocenters. The first-order chi connectivity index (χ1) is 8.13. The number of aryl methyl sites for hydroxylation is 2. The highest BCUT2D eigenvalue weighted by Crippen LogP contribution is 2.31. The molecule has 0 atom stereocenters. The molecule has 2 heterocycles. The molecule has 1 N–H and O–H groups in total. The van der Waals surface area contributed by atoms with Gasteiger partial charge in [0.15, 0.2) is 11.7 Å². The number of rotatable bonds is 4. The number of aromatic nitrogens is 1. The van der Waals surface area contributed by atoms with Crippen molar-refractivity contribution >= 4 is 0 Å². The molecule has 4 nitrogen and oxygen atoms in total. The van der Waals surface area contributed by atoms with Gasteiger partial charge in [-0.25, -0.2) is 4.98 Å². The number of likely N-dealkylation sites (N-methyl/N-ethyl adjacent to an activating group) is 1. The molecule has 0 radical (unpaired) electrons. The van der Waals surface area contributed by atoms with E-state index in [1.807, 2.05) is 27.8 Å². The maximum Gasteiger partial charge on any atom is 0.196 e. The van der Waals surface area contributed by atoms with Crippen LogP contribution in [0.2, 0.25) is 0 Å². The lowest BCUT2D eigenvalue weighted by molar-refractivity contribution is 0.491. The maximum atomic E-state index is 5.74. The van der Waals surface area contributed by atoms with Crippen LogP contribution in [-0.4, -0.2) is 18.6 Å². The average molecular weight is 234 g/mol. The van der Waals surface area contributed by atoms with Gasteiger partial charge in [-0.1, -0.05) is 0 Å². The number of hydrogen-bond donors (Lipinski definition) is 1. The second-order valence-electron chi connectivity index (χ2n) is 4.19. The van der Waals surface area contributed by atoms with Crippen LogP contribution in [0.4, 0.5) is 0 Å². The first kappa shape index (κ1) is 11.9. The summed E-state index contributed by atoms with van der Waals surface area (Å²) in [5.74, 6) is 3.37. The lowest BCUT2D eigenvalue weighted by Crippen LogP contribution is -2.10. The zero-order valence-electron chi connectivity index (χ0n) is 10.8. The van der Waals surface area contributed by atoms with Gasteiger partial charge < -0.3 is 14.2 Å². The van der Waals surface area contributed by atoms with E-state index in [0.29, 0.717) is 0 Å². The minimum absolute atomic E-state index is 0.756. The quantitative estimate of drug-likeness (QED) is 0.883. The van der Waals surface area contributed by atoms with Crippen molar-refractivity contribution in [3.8, 4) is 11.3 Å². The SMILES string of the molecule is CNCCc1ncc(-c2c(C)oc(C)c2C)o1. The van der Waals surface area contributed by atoms with Crippen molar-refractivity contribution in [2.75, 3.05) is 13.6 Å². The van der Waals surface area contributed by atoms with Crippen molar-refractivity contribution in [2.24, 2.45) is 0 Å². The van der Waals surface area contributed by atoms with E-state index in [4.69, 9.17) is 8.83 Å². The molecule has 4 heteroatoms. The third-order valence-electron chi connectivity index (χ3n) is 2.95. The zero-order chi connectivity index (χ0) is 12.4. The van der Waals surface area contributed by atoms with Crippen molar-refractivity contribution in [1.29, 1.82) is 0 Å². The highest BCUT2D eigenvalue weighted by Gasteiger charge is 2.16. The number of nitrogens with one attached hydrogen (secondary N) is 1. The van der Waals surface area contributed by atoms with Crippen molar-refractivity contribution in [2.45, 2.75) is 27.2 Å². The molecule has 0 amide bonds. The molecule has 17 heavy (non-hydrogen) atoms. The Morgan fingerprint density at radius 1 is 1.18 bits per heavy atom. The van der Waals surface area contributed by atoms with Crippen LogP contribution in [0, 0.1) is 20.8 Å². The minimum atomic E-state index is 0.756. The molecule has 2 rings (SSSR count). The first-order valence-corrected chi connectivity index (χ1v) is 5.79. The van der Waals surface area contributed by atoms with Gasteiger partial charge in [0.2, 0.25) is 0 Å². The molecular formula is C13H18N2O2. The average Bonchev–Trinajstić information content (AvgIpc) is 2.83. The molecule has 2 aromatic rings. The number of furan rings is 1. The van der Waals surface area contributed by atoms with E-state index in [1.165, 1.54) is 0 Å². The summed E-state index contributed by atoms with van der Waals surface area (Å²) < 4.78 is 11.3. The van der Waals surface area contributed by atoms with Crippen molar-refractivity contribution < 1.29 is 8.83 Å². The molecular weight excluding hydrogens is 216 g/mol. The smallest absolute Gasteiger partial charge is 0.196 e. The van der Waals surface area contributed by atoms with Crippen LogP contribution in [0.5, 0.6) is 0 Å². The Balaban J connectivity index is 2.30. The maximum absolute atomic E-state index is 5.74. The molecule has 92 valence electrons. The van der Waals surface area contributed by atoms with Crippen LogP contribution in [0.3, 0.4) is 0 Å². The monoisotopic (exact) mass is 234 g/mol. The number of nitrogens with zero attached hydrogens (tertiary/aromatic N) is 1. The molecule has 0 spiro atoms. The van der Waals surface area contributed by atoms with E-state index in [9.17, 15) is 0 Å². The summed E-state index contributed by atoms with van der Waals surface area (Å²) in [6.45, 7) is 6.81. The Labute approximate surface area is 101 Å². The van der Waals surface area contributed by atoms with Gasteiger partial charge in [0.25, 0.3) is 0 Å². The van der Waals surface area contributed by atoms with Gasteiger partial charge in [0.1, 0.15) is 11.5 Å². The fraction of sp³-hybridized carbons (Fsp3) is 0.462. The fourth-order valence-electron chi connectivity index (χ4n) is 1.93. The first-order valence-electron chi connectivity index (χ1n) is 5.79. The third kappa shape index (κ3) is 2.26. The van der Waals surface area contributed by atoms with Crippen LogP contribution >= 0.6 is 0 Å². The van der Waals surface area contributed by atoms with E-state index in [2.05, 4.69) is 10.3 Å². The predicted octanol–water partition coefficient (Wildman–Crippen LogP) is 2.62. The van der Waals surface area contributed by atoms with E-state index in [1.54, 1.807) is 6.20 Å². The summed E-state index contributed by atoms with van der Waals surface area (Å²) in [7, 11) is 1.91. The standard InChI is InChI=1S/C13H18N2O2/c1-8-9(2)16-10(3)13(8)11-7-15-12(17-11)5-6-14-4/h7,14H,5-6H2,1-4H3. The summed E-state index contributed by atoms with van der Waals surface area (Å²) in [6.07, 6.45) is 2.57. The number of hydrogen-bond acceptors (Lipinski definition) is 4. The Bertz CT molecular complexity index is 511. The van der Waals surface area contributed by atoms with Gasteiger partial charge in [-0.15, -0.1) is 0 Å². The Morgan fingerprint density at radius 3 is 2.53 bits per heavy atom. The van der Waals surface area contributed by atoms with Crippen molar-refractivity contribution in [1.82, 2.24) is 10.3 Å². The van der Waals surface area contributed by atoms with Crippen molar-refractivity contribution in [3.05, 3.63) is 29.2 Å². The van der Waals surface area contributed by atoms with E-state index < -0.39 is 0 Å². The summed E-state index contributed by atoms with van der Waals surface area (Å²) in [5, 5.41) is 3.07. The molecule has 0 saturated carbocycles. The van der Waals surface area contributed by atoms with Gasteiger partial charge in [-0.05, 0) is 27.8 Å². The van der Waals surface area contributed by atoms with Gasteiger partial charge in [-0.3, -0.25) is 0 Å². The second-order valence-corrected chi connectivity index (χ2v) is 4.19. The van der Waals surface area contributed by atoms with Gasteiger partial charge >= 0.3 is 0 Å². The molecule has 0 aromatic carbocycles. The lowest BCUT2D eigenvalue weighted by atomic mass is 10.1. The predicted molar refractivity (Wildman–Crippen MR) is 66.0 cm³/mol. The molecule has 0 aliphatic heterocycles. The zero-order valence-corrected chi connectivity index (χ0v) is 10.8. The minimum Gasteiger partial charge on any atom is -0.466 e. The van der Waals surface area contributed by atoms with E-state index >= 15 is 0 Å². The molecule has 0 aliphatic rings. The summed E-state index contributed by atoms with van der Waals surface area (Å²) in [5.41, 5.74) is 2.16. The Morgan fingerprint density at radius 2 is 1.94 bits per heavy atom. The van der Waals surface area contributed by atoms with Crippen LogP contribution in [0.15, 0.2) is 15.0 Å². The van der Waals surface area contributed by atoms with Crippen LogP contribution < -0.4 is 5.32 Å². The highest BCUT2D eigenvalue weighted by atomic mass is 16.4. The largest absolute Gasteiger partial charge is 0.466 e. The van der Waals surface area contributed by atoms with E-state index in [-0.39, 0.29) is 0 Å². The Hall–Kier alpha value is -1.55. The Kier molecular flexibility index (Phi) is 3.33. The fourth-order valence-corrected chi connectivity index (χ4v) is 1.93.